The third-order valence-electron chi connectivity index (χ3n) is 5.85. The van der Waals surface area contributed by atoms with E-state index in [9.17, 15) is 5.11 Å². The first-order valence-corrected chi connectivity index (χ1v) is 9.62. The van der Waals surface area contributed by atoms with Gasteiger partial charge in [-0.3, -0.25) is 4.68 Å². The van der Waals surface area contributed by atoms with Gasteiger partial charge in [-0.2, -0.15) is 5.10 Å². The molecule has 0 unspecified atom stereocenters. The predicted molar refractivity (Wildman–Crippen MR) is 103 cm³/mol. The predicted octanol–water partition coefficient (Wildman–Crippen LogP) is 3.43. The minimum Gasteiger partial charge on any atom is -0.383 e. The molecular weight excluding hydrogens is 326 g/mol. The molecule has 2 aliphatic rings. The Morgan fingerprint density at radius 3 is 2.42 bits per heavy atom. The van der Waals surface area contributed by atoms with Crippen molar-refractivity contribution in [2.75, 3.05) is 24.7 Å². The molecule has 140 valence electrons. The van der Waals surface area contributed by atoms with Crippen LogP contribution < -0.4 is 4.90 Å². The van der Waals surface area contributed by atoms with Gasteiger partial charge in [0.05, 0.1) is 5.69 Å². The molecule has 26 heavy (non-hydrogen) atoms. The van der Waals surface area contributed by atoms with E-state index in [1.54, 1.807) is 0 Å². The van der Waals surface area contributed by atoms with Crippen LogP contribution in [0.5, 0.6) is 0 Å². The second-order valence-electron chi connectivity index (χ2n) is 7.92. The van der Waals surface area contributed by atoms with Gasteiger partial charge in [0.2, 0.25) is 0 Å². The molecule has 0 bridgehead atoms. The van der Waals surface area contributed by atoms with Gasteiger partial charge in [-0.1, -0.05) is 17.7 Å². The Hall–Kier alpha value is -1.85. The fourth-order valence-electron chi connectivity index (χ4n) is 4.86. The lowest BCUT2D eigenvalue weighted by Crippen LogP contribution is -2.36. The van der Waals surface area contributed by atoms with E-state index in [0.29, 0.717) is 26.1 Å². The lowest BCUT2D eigenvalue weighted by Gasteiger charge is -2.35. The maximum Gasteiger partial charge on any atom is 0.158 e. The Morgan fingerprint density at radius 2 is 1.77 bits per heavy atom. The van der Waals surface area contributed by atoms with Gasteiger partial charge in [0.1, 0.15) is 5.60 Å². The number of aryl methyl sites for hydroxylation is 4. The highest BCUT2D eigenvalue weighted by Crippen LogP contribution is 2.43. The van der Waals surface area contributed by atoms with Gasteiger partial charge in [0.25, 0.3) is 0 Å². The van der Waals surface area contributed by atoms with E-state index in [1.807, 2.05) is 11.7 Å². The highest BCUT2D eigenvalue weighted by atomic mass is 16.5. The Kier molecular flexibility index (Phi) is 4.32. The molecule has 1 aromatic carbocycles. The number of benzene rings is 1. The van der Waals surface area contributed by atoms with Crippen LogP contribution in [0.25, 0.3) is 0 Å². The summed E-state index contributed by atoms with van der Waals surface area (Å²) in [7, 11) is 1.97. The number of rotatable bonds is 2. The van der Waals surface area contributed by atoms with Gasteiger partial charge in [-0.15, -0.1) is 0 Å². The van der Waals surface area contributed by atoms with E-state index < -0.39 is 5.60 Å². The van der Waals surface area contributed by atoms with Gasteiger partial charge >= 0.3 is 0 Å². The third kappa shape index (κ3) is 2.74. The van der Waals surface area contributed by atoms with Crippen LogP contribution in [-0.2, 0) is 23.8 Å². The molecule has 0 radical (unpaired) electrons. The molecule has 2 aliphatic heterocycles. The van der Waals surface area contributed by atoms with E-state index in [1.165, 1.54) is 27.9 Å². The normalized spacial score (nSPS) is 19.5. The molecular formula is C21H29N3O2. The van der Waals surface area contributed by atoms with Crippen LogP contribution in [-0.4, -0.2) is 34.6 Å². The lowest BCUT2D eigenvalue weighted by atomic mass is 9.86. The summed E-state index contributed by atoms with van der Waals surface area (Å²) >= 11 is 0. The van der Waals surface area contributed by atoms with Crippen molar-refractivity contribution in [2.45, 2.75) is 52.1 Å². The largest absolute Gasteiger partial charge is 0.383 e. The molecule has 1 fully saturated rings. The van der Waals surface area contributed by atoms with Crippen LogP contribution in [0.3, 0.4) is 0 Å². The highest BCUT2D eigenvalue weighted by Gasteiger charge is 2.40. The minimum absolute atomic E-state index is 0.607. The first-order chi connectivity index (χ1) is 12.4. The van der Waals surface area contributed by atoms with Crippen molar-refractivity contribution in [3.05, 3.63) is 40.1 Å². The molecule has 0 amide bonds. The molecule has 0 spiro atoms. The zero-order valence-corrected chi connectivity index (χ0v) is 16.3. The fourth-order valence-corrected chi connectivity index (χ4v) is 4.86. The zero-order valence-electron chi connectivity index (χ0n) is 16.3. The summed E-state index contributed by atoms with van der Waals surface area (Å²) in [6.45, 7) is 8.69. The smallest absolute Gasteiger partial charge is 0.158 e. The van der Waals surface area contributed by atoms with Gasteiger partial charge in [-0.05, 0) is 44.7 Å². The molecule has 0 saturated carbocycles. The average molecular weight is 355 g/mol. The van der Waals surface area contributed by atoms with Crippen molar-refractivity contribution >= 4 is 11.5 Å². The van der Waals surface area contributed by atoms with Crippen molar-refractivity contribution < 1.29 is 9.84 Å². The van der Waals surface area contributed by atoms with E-state index in [4.69, 9.17) is 9.84 Å². The van der Waals surface area contributed by atoms with Crippen LogP contribution >= 0.6 is 0 Å². The standard InChI is InChI=1S/C21H29N3O2/c1-14-12-15(2)18(16(3)13-14)24-9-5-6-17-19(23(4)22-20(17)24)21(25)7-10-26-11-8-21/h12-13,25H,5-11H2,1-4H3. The highest BCUT2D eigenvalue weighted by molar-refractivity contribution is 5.71. The Bertz CT molecular complexity index is 811. The maximum atomic E-state index is 11.3. The summed E-state index contributed by atoms with van der Waals surface area (Å²) < 4.78 is 7.39. The number of ether oxygens (including phenoxy) is 1. The first-order valence-electron chi connectivity index (χ1n) is 9.62. The van der Waals surface area contributed by atoms with Gasteiger partial charge < -0.3 is 14.7 Å². The topological polar surface area (TPSA) is 50.5 Å². The third-order valence-corrected chi connectivity index (χ3v) is 5.85. The molecule has 5 heteroatoms. The molecule has 1 saturated heterocycles. The van der Waals surface area contributed by atoms with E-state index in [0.717, 1.165) is 30.9 Å². The summed E-state index contributed by atoms with van der Waals surface area (Å²) in [5.74, 6) is 1.02. The molecule has 2 aromatic rings. The lowest BCUT2D eigenvalue weighted by molar-refractivity contribution is -0.0730. The summed E-state index contributed by atoms with van der Waals surface area (Å²) in [6, 6.07) is 4.49. The van der Waals surface area contributed by atoms with Gasteiger partial charge in [0.15, 0.2) is 5.82 Å². The molecule has 5 nitrogen and oxygen atoms in total. The molecule has 0 aliphatic carbocycles. The molecule has 4 rings (SSSR count). The van der Waals surface area contributed by atoms with Crippen LogP contribution in [0.2, 0.25) is 0 Å². The molecule has 0 atom stereocenters. The van der Waals surface area contributed by atoms with Gasteiger partial charge in [-0.25, -0.2) is 0 Å². The molecule has 1 aromatic heterocycles. The molecule has 3 heterocycles. The van der Waals surface area contributed by atoms with E-state index in [2.05, 4.69) is 37.8 Å². The summed E-state index contributed by atoms with van der Waals surface area (Å²) in [4.78, 5) is 2.36. The quantitative estimate of drug-likeness (QED) is 0.897. The number of hydrogen-bond donors (Lipinski definition) is 1. The van der Waals surface area contributed by atoms with Crippen molar-refractivity contribution in [2.24, 2.45) is 7.05 Å². The zero-order chi connectivity index (χ0) is 18.5. The number of nitrogens with zero attached hydrogens (tertiary/aromatic N) is 3. The summed E-state index contributed by atoms with van der Waals surface area (Å²) in [5.41, 5.74) is 6.50. The number of aromatic nitrogens is 2. The average Bonchev–Trinajstić information content (AvgIpc) is 2.92. The SMILES string of the molecule is Cc1cc(C)c(N2CCCc3c2nn(C)c3C2(O)CCOCC2)c(C)c1. The van der Waals surface area contributed by atoms with Crippen molar-refractivity contribution in [1.29, 1.82) is 0 Å². The number of anilines is 2. The van der Waals surface area contributed by atoms with Gasteiger partial charge in [0, 0.05) is 50.9 Å². The Labute approximate surface area is 155 Å². The van der Waals surface area contributed by atoms with Crippen LogP contribution in [0.4, 0.5) is 11.5 Å². The van der Waals surface area contributed by atoms with E-state index in [-0.39, 0.29) is 0 Å². The Morgan fingerprint density at radius 1 is 1.12 bits per heavy atom. The first kappa shape index (κ1) is 17.6. The second kappa shape index (κ2) is 6.39. The van der Waals surface area contributed by atoms with Crippen LogP contribution in [0.1, 0.15) is 47.2 Å². The minimum atomic E-state index is -0.825. The second-order valence-corrected chi connectivity index (χ2v) is 7.92. The van der Waals surface area contributed by atoms with Crippen molar-refractivity contribution in [3.8, 4) is 0 Å². The summed E-state index contributed by atoms with van der Waals surface area (Å²) in [6.07, 6.45) is 3.33. The van der Waals surface area contributed by atoms with Crippen molar-refractivity contribution in [3.63, 3.8) is 0 Å². The Balaban J connectivity index is 1.83. The number of fused-ring (bicyclic) bond motifs is 1. The molecule has 1 N–H and O–H groups in total. The number of hydrogen-bond acceptors (Lipinski definition) is 4. The fraction of sp³-hybridized carbons (Fsp3) is 0.571. The van der Waals surface area contributed by atoms with E-state index >= 15 is 0 Å². The maximum absolute atomic E-state index is 11.3. The number of aliphatic hydroxyl groups is 1. The van der Waals surface area contributed by atoms with Crippen LogP contribution in [0.15, 0.2) is 12.1 Å². The van der Waals surface area contributed by atoms with Crippen molar-refractivity contribution in [1.82, 2.24) is 9.78 Å². The monoisotopic (exact) mass is 355 g/mol. The summed E-state index contributed by atoms with van der Waals surface area (Å²) in [5, 5.41) is 16.2. The van der Waals surface area contributed by atoms with Crippen LogP contribution in [0, 0.1) is 20.8 Å².